The Morgan fingerprint density at radius 2 is 2.44 bits per heavy atom. The Morgan fingerprint density at radius 3 is 3.06 bits per heavy atom. The number of hydrazine groups is 1. The summed E-state index contributed by atoms with van der Waals surface area (Å²) in [5.74, 6) is 0.918. The first kappa shape index (κ1) is 12.8. The molecule has 16 heavy (non-hydrogen) atoms. The number of aromatic nitrogens is 1. The molecule has 0 fully saturated rings. The maximum absolute atomic E-state index is 11.4. The van der Waals surface area contributed by atoms with Crippen LogP contribution in [0.2, 0.25) is 0 Å². The van der Waals surface area contributed by atoms with Gasteiger partial charge in [0.15, 0.2) is 0 Å². The molecule has 1 unspecified atom stereocenters. The van der Waals surface area contributed by atoms with Crippen molar-refractivity contribution in [3.05, 3.63) is 24.4 Å². The number of anilines is 1. The molecule has 0 bridgehead atoms. The van der Waals surface area contributed by atoms with Gasteiger partial charge in [-0.3, -0.25) is 15.6 Å². The van der Waals surface area contributed by atoms with Crippen LogP contribution < -0.4 is 16.6 Å². The lowest BCUT2D eigenvalue weighted by Gasteiger charge is -2.09. The van der Waals surface area contributed by atoms with E-state index in [1.807, 2.05) is 19.1 Å². The number of carbonyl (C=O) groups excluding carboxylic acids is 1. The lowest BCUT2D eigenvalue weighted by atomic mass is 10.5. The van der Waals surface area contributed by atoms with Crippen molar-refractivity contribution in [1.29, 1.82) is 0 Å². The topological polar surface area (TPSA) is 80.0 Å². The van der Waals surface area contributed by atoms with E-state index in [1.165, 1.54) is 11.8 Å². The van der Waals surface area contributed by atoms with Crippen LogP contribution in [-0.2, 0) is 4.79 Å². The second kappa shape index (κ2) is 7.08. The first-order chi connectivity index (χ1) is 7.72. The predicted molar refractivity (Wildman–Crippen MR) is 67.0 cm³/mol. The van der Waals surface area contributed by atoms with Crippen LogP contribution in [0, 0.1) is 0 Å². The Morgan fingerprint density at radius 1 is 1.62 bits per heavy atom. The zero-order chi connectivity index (χ0) is 11.8. The molecule has 1 heterocycles. The molecule has 1 atom stereocenters. The van der Waals surface area contributed by atoms with Crippen LogP contribution in [0.5, 0.6) is 0 Å². The van der Waals surface area contributed by atoms with E-state index in [0.29, 0.717) is 23.4 Å². The summed E-state index contributed by atoms with van der Waals surface area (Å²) in [5, 5.41) is 0.292. The number of nitrogens with zero attached hydrogens (tertiary/aromatic N) is 1. The summed E-state index contributed by atoms with van der Waals surface area (Å²) < 4.78 is 0. The molecule has 1 amide bonds. The maximum atomic E-state index is 11.4. The van der Waals surface area contributed by atoms with E-state index in [0.717, 1.165) is 0 Å². The van der Waals surface area contributed by atoms with Gasteiger partial charge in [0, 0.05) is 18.0 Å². The monoisotopic (exact) mass is 240 g/mol. The molecule has 0 aliphatic heterocycles. The summed E-state index contributed by atoms with van der Waals surface area (Å²) in [6.45, 7) is 2.57. The highest BCUT2D eigenvalue weighted by Gasteiger charge is 2.05. The quantitative estimate of drug-likeness (QED) is 0.635. The molecular formula is C10H16N4OS. The summed E-state index contributed by atoms with van der Waals surface area (Å²) in [4.78, 5) is 15.4. The van der Waals surface area contributed by atoms with Gasteiger partial charge < -0.3 is 5.73 Å². The molecule has 0 radical (unpaired) electrons. The van der Waals surface area contributed by atoms with Gasteiger partial charge in [-0.05, 0) is 12.1 Å². The molecule has 5 nitrogen and oxygen atoms in total. The SMILES string of the molecule is CC(CN)SCC(=O)NNc1ccccn1. The predicted octanol–water partition coefficient (Wildman–Crippen LogP) is 0.605. The fraction of sp³-hybridized carbons (Fsp3) is 0.400. The fourth-order valence-corrected chi connectivity index (χ4v) is 1.54. The van der Waals surface area contributed by atoms with Crippen molar-refractivity contribution in [2.24, 2.45) is 5.73 Å². The molecule has 0 saturated carbocycles. The van der Waals surface area contributed by atoms with Gasteiger partial charge in [-0.2, -0.15) is 0 Å². The molecule has 1 aromatic rings. The molecule has 0 aliphatic rings. The summed E-state index contributed by atoms with van der Waals surface area (Å²) in [6, 6.07) is 5.43. The highest BCUT2D eigenvalue weighted by atomic mass is 32.2. The molecule has 6 heteroatoms. The highest BCUT2D eigenvalue weighted by molar-refractivity contribution is 8.00. The minimum Gasteiger partial charge on any atom is -0.329 e. The van der Waals surface area contributed by atoms with Gasteiger partial charge >= 0.3 is 0 Å². The van der Waals surface area contributed by atoms with Crippen molar-refractivity contribution in [2.75, 3.05) is 17.7 Å². The molecule has 1 aromatic heterocycles. The minimum absolute atomic E-state index is 0.0871. The third-order valence-electron chi connectivity index (χ3n) is 1.83. The smallest absolute Gasteiger partial charge is 0.248 e. The molecule has 0 aromatic carbocycles. The van der Waals surface area contributed by atoms with E-state index < -0.39 is 0 Å². The van der Waals surface area contributed by atoms with Crippen molar-refractivity contribution >= 4 is 23.5 Å². The van der Waals surface area contributed by atoms with Crippen LogP contribution in [0.4, 0.5) is 5.82 Å². The second-order valence-corrected chi connectivity index (χ2v) is 4.67. The second-order valence-electron chi connectivity index (χ2n) is 3.25. The molecule has 0 spiro atoms. The van der Waals surface area contributed by atoms with Crippen LogP contribution in [0.25, 0.3) is 0 Å². The number of nitrogens with two attached hydrogens (primary N) is 1. The Balaban J connectivity index is 2.20. The number of nitrogens with one attached hydrogen (secondary N) is 2. The number of rotatable bonds is 6. The minimum atomic E-state index is -0.0871. The molecule has 4 N–H and O–H groups in total. The molecule has 1 rings (SSSR count). The van der Waals surface area contributed by atoms with Crippen molar-refractivity contribution in [2.45, 2.75) is 12.2 Å². The third-order valence-corrected chi connectivity index (χ3v) is 3.02. The fourth-order valence-electron chi connectivity index (χ4n) is 0.893. The Bertz CT molecular complexity index is 320. The zero-order valence-corrected chi connectivity index (χ0v) is 9.96. The van der Waals surface area contributed by atoms with Crippen LogP contribution >= 0.6 is 11.8 Å². The van der Waals surface area contributed by atoms with Crippen molar-refractivity contribution in [3.63, 3.8) is 0 Å². The van der Waals surface area contributed by atoms with Gasteiger partial charge in [-0.15, -0.1) is 11.8 Å². The number of hydrogen-bond donors (Lipinski definition) is 3. The van der Waals surface area contributed by atoms with E-state index in [9.17, 15) is 4.79 Å². The van der Waals surface area contributed by atoms with Crippen molar-refractivity contribution in [3.8, 4) is 0 Å². The number of thioether (sulfide) groups is 1. The molecule has 0 saturated heterocycles. The van der Waals surface area contributed by atoms with Crippen molar-refractivity contribution < 1.29 is 4.79 Å². The van der Waals surface area contributed by atoms with Gasteiger partial charge in [0.25, 0.3) is 0 Å². The van der Waals surface area contributed by atoms with E-state index in [4.69, 9.17) is 5.73 Å². The zero-order valence-electron chi connectivity index (χ0n) is 9.14. The van der Waals surface area contributed by atoms with Crippen LogP contribution in [0.1, 0.15) is 6.92 Å². The molecular weight excluding hydrogens is 224 g/mol. The van der Waals surface area contributed by atoms with Gasteiger partial charge in [0.05, 0.1) is 5.75 Å². The summed E-state index contributed by atoms with van der Waals surface area (Å²) >= 11 is 1.52. The van der Waals surface area contributed by atoms with E-state index in [2.05, 4.69) is 15.8 Å². The Labute approximate surface area is 99.2 Å². The number of carbonyl (C=O) groups is 1. The van der Waals surface area contributed by atoms with E-state index in [1.54, 1.807) is 12.3 Å². The van der Waals surface area contributed by atoms with Gasteiger partial charge in [-0.25, -0.2) is 4.98 Å². The first-order valence-corrected chi connectivity index (χ1v) is 6.05. The summed E-state index contributed by atoms with van der Waals surface area (Å²) in [5.41, 5.74) is 10.7. The third kappa shape index (κ3) is 4.99. The van der Waals surface area contributed by atoms with Crippen LogP contribution in [0.15, 0.2) is 24.4 Å². The number of pyridine rings is 1. The van der Waals surface area contributed by atoms with Gasteiger partial charge in [0.2, 0.25) is 5.91 Å². The average Bonchev–Trinajstić information content (AvgIpc) is 2.34. The number of amides is 1. The number of hydrogen-bond acceptors (Lipinski definition) is 5. The Hall–Kier alpha value is -1.27. The van der Waals surface area contributed by atoms with E-state index >= 15 is 0 Å². The standard InChI is InChI=1S/C10H16N4OS/c1-8(6-11)16-7-10(15)14-13-9-4-2-3-5-12-9/h2-5,8H,6-7,11H2,1H3,(H,12,13)(H,14,15). The highest BCUT2D eigenvalue weighted by Crippen LogP contribution is 2.07. The summed E-state index contributed by atoms with van der Waals surface area (Å²) in [7, 11) is 0. The average molecular weight is 240 g/mol. The van der Waals surface area contributed by atoms with Crippen molar-refractivity contribution in [1.82, 2.24) is 10.4 Å². The maximum Gasteiger partial charge on any atom is 0.248 e. The molecule has 88 valence electrons. The summed E-state index contributed by atoms with van der Waals surface area (Å²) in [6.07, 6.45) is 1.65. The normalized spacial score (nSPS) is 11.9. The molecule has 0 aliphatic carbocycles. The lowest BCUT2D eigenvalue weighted by molar-refractivity contribution is -0.118. The van der Waals surface area contributed by atoms with Crippen LogP contribution in [-0.4, -0.2) is 28.4 Å². The van der Waals surface area contributed by atoms with Gasteiger partial charge in [-0.1, -0.05) is 13.0 Å². The first-order valence-electron chi connectivity index (χ1n) is 5.00. The largest absolute Gasteiger partial charge is 0.329 e. The lowest BCUT2D eigenvalue weighted by Crippen LogP contribution is -2.32. The van der Waals surface area contributed by atoms with Gasteiger partial charge in [0.1, 0.15) is 5.82 Å². The Kier molecular flexibility index (Phi) is 5.66. The van der Waals surface area contributed by atoms with E-state index in [-0.39, 0.29) is 5.91 Å². The van der Waals surface area contributed by atoms with Crippen LogP contribution in [0.3, 0.4) is 0 Å².